The van der Waals surface area contributed by atoms with Crippen molar-refractivity contribution in [3.63, 3.8) is 0 Å². The van der Waals surface area contributed by atoms with Crippen molar-refractivity contribution in [1.82, 2.24) is 9.55 Å². The van der Waals surface area contributed by atoms with Crippen LogP contribution >= 0.6 is 0 Å². The van der Waals surface area contributed by atoms with E-state index in [9.17, 15) is 10.1 Å². The highest BCUT2D eigenvalue weighted by atomic mass is 16.6. The molecule has 0 spiro atoms. The van der Waals surface area contributed by atoms with Crippen LogP contribution < -0.4 is 0 Å². The van der Waals surface area contributed by atoms with Gasteiger partial charge in [-0.25, -0.2) is 4.98 Å². The van der Waals surface area contributed by atoms with Crippen LogP contribution in [-0.4, -0.2) is 14.5 Å². The second-order valence-electron chi connectivity index (χ2n) is 3.76. The maximum atomic E-state index is 10.7. The molecule has 0 aliphatic rings. The van der Waals surface area contributed by atoms with Crippen molar-refractivity contribution in [3.05, 3.63) is 51.6 Å². The molecule has 0 radical (unpaired) electrons. The molecular formula is C12H7N5O2. The van der Waals surface area contributed by atoms with Gasteiger partial charge in [-0.2, -0.15) is 10.5 Å². The van der Waals surface area contributed by atoms with Crippen molar-refractivity contribution in [2.24, 2.45) is 0 Å². The summed E-state index contributed by atoms with van der Waals surface area (Å²) in [7, 11) is 0. The lowest BCUT2D eigenvalue weighted by Gasteiger charge is -2.07. The molecule has 0 saturated carbocycles. The summed E-state index contributed by atoms with van der Waals surface area (Å²) < 4.78 is 1.44. The fraction of sp³-hybridized carbons (Fsp3) is 0.0833. The zero-order valence-electron chi connectivity index (χ0n) is 9.86. The number of nitrogens with zero attached hydrogens (tertiary/aromatic N) is 5. The normalized spacial score (nSPS) is 9.63. The number of hydrogen-bond donors (Lipinski definition) is 0. The number of nitriles is 2. The third kappa shape index (κ3) is 2.01. The third-order valence-electron chi connectivity index (χ3n) is 2.63. The van der Waals surface area contributed by atoms with Crippen LogP contribution in [0.4, 0.5) is 5.69 Å². The molecule has 1 aromatic carbocycles. The number of nitro groups is 1. The molecule has 0 atom stereocenters. The molecule has 0 aliphatic carbocycles. The predicted molar refractivity (Wildman–Crippen MR) is 64.4 cm³/mol. The number of rotatable bonds is 2. The molecule has 92 valence electrons. The zero-order chi connectivity index (χ0) is 14.0. The quantitative estimate of drug-likeness (QED) is 0.599. The number of non-ortho nitro benzene ring substituents is 1. The minimum absolute atomic E-state index is 0.0274. The number of imidazole rings is 1. The molecular weight excluding hydrogens is 246 g/mol. The van der Waals surface area contributed by atoms with Gasteiger partial charge in [-0.15, -0.1) is 0 Å². The van der Waals surface area contributed by atoms with Gasteiger partial charge in [0, 0.05) is 12.1 Å². The molecule has 0 bridgehead atoms. The van der Waals surface area contributed by atoms with E-state index in [1.807, 2.05) is 12.1 Å². The van der Waals surface area contributed by atoms with E-state index in [-0.39, 0.29) is 17.1 Å². The van der Waals surface area contributed by atoms with E-state index >= 15 is 0 Å². The summed E-state index contributed by atoms with van der Waals surface area (Å²) in [4.78, 5) is 14.0. The van der Waals surface area contributed by atoms with Crippen LogP contribution in [0.5, 0.6) is 0 Å². The van der Waals surface area contributed by atoms with Crippen LogP contribution in [0.3, 0.4) is 0 Å². The first-order chi connectivity index (χ1) is 9.08. The fourth-order valence-electron chi connectivity index (χ4n) is 1.74. The Balaban J connectivity index is 2.61. The first-order valence-corrected chi connectivity index (χ1v) is 5.21. The number of benzene rings is 1. The standard InChI is InChI=1S/C12H7N5O2/c1-8-4-9(17(18)19)2-3-11(8)16-7-15-10(5-13)12(16)6-14/h2-4,7H,1H3. The molecule has 0 N–H and O–H groups in total. The van der Waals surface area contributed by atoms with Gasteiger partial charge in [0.15, 0.2) is 11.4 Å². The zero-order valence-corrected chi connectivity index (χ0v) is 9.86. The number of nitro benzene ring substituents is 1. The maximum Gasteiger partial charge on any atom is 0.269 e. The van der Waals surface area contributed by atoms with Gasteiger partial charge < -0.3 is 0 Å². The molecule has 0 aliphatic heterocycles. The summed E-state index contributed by atoms with van der Waals surface area (Å²) in [5.74, 6) is 0. The molecule has 19 heavy (non-hydrogen) atoms. The number of aryl methyl sites for hydroxylation is 1. The van der Waals surface area contributed by atoms with Gasteiger partial charge >= 0.3 is 0 Å². The van der Waals surface area contributed by atoms with E-state index in [1.165, 1.54) is 29.1 Å². The Morgan fingerprint density at radius 1 is 1.37 bits per heavy atom. The predicted octanol–water partition coefficient (Wildman–Crippen LogP) is 1.83. The molecule has 0 fully saturated rings. The molecule has 0 amide bonds. The highest BCUT2D eigenvalue weighted by Gasteiger charge is 2.15. The van der Waals surface area contributed by atoms with Gasteiger partial charge in [0.25, 0.3) is 5.69 Å². The topological polar surface area (TPSA) is 109 Å². The molecule has 2 rings (SSSR count). The molecule has 1 heterocycles. The largest absolute Gasteiger partial charge is 0.289 e. The molecule has 0 saturated heterocycles. The minimum atomic E-state index is -0.489. The van der Waals surface area contributed by atoms with Crippen LogP contribution in [0.15, 0.2) is 24.5 Å². The Kier molecular flexibility index (Phi) is 2.96. The average molecular weight is 253 g/mol. The van der Waals surface area contributed by atoms with Gasteiger partial charge in [0.05, 0.1) is 10.6 Å². The average Bonchev–Trinajstić information content (AvgIpc) is 2.80. The van der Waals surface area contributed by atoms with Gasteiger partial charge in [0.1, 0.15) is 18.5 Å². The van der Waals surface area contributed by atoms with Crippen LogP contribution in [0.25, 0.3) is 5.69 Å². The summed E-state index contributed by atoms with van der Waals surface area (Å²) in [5.41, 5.74) is 1.31. The summed E-state index contributed by atoms with van der Waals surface area (Å²) in [5, 5.41) is 28.5. The van der Waals surface area contributed by atoms with Crippen LogP contribution in [0.1, 0.15) is 17.0 Å². The second-order valence-corrected chi connectivity index (χ2v) is 3.76. The first kappa shape index (κ1) is 12.3. The van der Waals surface area contributed by atoms with Crippen molar-refractivity contribution in [1.29, 1.82) is 10.5 Å². The van der Waals surface area contributed by atoms with E-state index < -0.39 is 4.92 Å². The number of aromatic nitrogens is 2. The first-order valence-electron chi connectivity index (χ1n) is 5.21. The lowest BCUT2D eigenvalue weighted by molar-refractivity contribution is -0.384. The van der Waals surface area contributed by atoms with E-state index in [0.29, 0.717) is 11.3 Å². The van der Waals surface area contributed by atoms with E-state index in [1.54, 1.807) is 6.92 Å². The molecule has 0 unspecified atom stereocenters. The van der Waals surface area contributed by atoms with Crippen molar-refractivity contribution < 1.29 is 4.92 Å². The SMILES string of the molecule is Cc1cc([N+](=O)[O-])ccc1-n1cnc(C#N)c1C#N. The van der Waals surface area contributed by atoms with Gasteiger partial charge in [-0.3, -0.25) is 14.7 Å². The Morgan fingerprint density at radius 3 is 2.63 bits per heavy atom. The van der Waals surface area contributed by atoms with Gasteiger partial charge in [-0.05, 0) is 18.6 Å². The van der Waals surface area contributed by atoms with Crippen LogP contribution in [0.2, 0.25) is 0 Å². The third-order valence-corrected chi connectivity index (χ3v) is 2.63. The monoisotopic (exact) mass is 253 g/mol. The van der Waals surface area contributed by atoms with Crippen LogP contribution in [-0.2, 0) is 0 Å². The minimum Gasteiger partial charge on any atom is -0.289 e. The van der Waals surface area contributed by atoms with Crippen molar-refractivity contribution in [2.75, 3.05) is 0 Å². The molecule has 1 aromatic heterocycles. The maximum absolute atomic E-state index is 10.7. The highest BCUT2D eigenvalue weighted by molar-refractivity contribution is 5.51. The Labute approximate surface area is 108 Å². The van der Waals surface area contributed by atoms with Crippen molar-refractivity contribution in [2.45, 2.75) is 6.92 Å². The van der Waals surface area contributed by atoms with E-state index in [2.05, 4.69) is 4.98 Å². The summed E-state index contributed by atoms with van der Waals surface area (Å²) >= 11 is 0. The lowest BCUT2D eigenvalue weighted by atomic mass is 10.1. The van der Waals surface area contributed by atoms with Crippen molar-refractivity contribution in [3.8, 4) is 17.8 Å². The summed E-state index contributed by atoms with van der Waals surface area (Å²) in [6.07, 6.45) is 1.35. The smallest absolute Gasteiger partial charge is 0.269 e. The Hall–Kier alpha value is -3.19. The van der Waals surface area contributed by atoms with E-state index in [0.717, 1.165) is 0 Å². The van der Waals surface area contributed by atoms with Gasteiger partial charge in [0.2, 0.25) is 0 Å². The van der Waals surface area contributed by atoms with E-state index in [4.69, 9.17) is 10.5 Å². The Bertz CT molecular complexity index is 748. The fourth-order valence-corrected chi connectivity index (χ4v) is 1.74. The molecule has 2 aromatic rings. The van der Waals surface area contributed by atoms with Crippen molar-refractivity contribution >= 4 is 5.69 Å². The highest BCUT2D eigenvalue weighted by Crippen LogP contribution is 2.22. The Morgan fingerprint density at radius 2 is 2.11 bits per heavy atom. The summed E-state index contributed by atoms with van der Waals surface area (Å²) in [6, 6.07) is 8.00. The van der Waals surface area contributed by atoms with Gasteiger partial charge in [-0.1, -0.05) is 0 Å². The molecule has 7 heteroatoms. The molecule has 7 nitrogen and oxygen atoms in total. The lowest BCUT2D eigenvalue weighted by Crippen LogP contribution is -2.00. The summed E-state index contributed by atoms with van der Waals surface area (Å²) in [6.45, 7) is 1.69. The second kappa shape index (κ2) is 4.59. The number of hydrogen-bond acceptors (Lipinski definition) is 5. The van der Waals surface area contributed by atoms with Crippen LogP contribution in [0, 0.1) is 39.7 Å².